The molecule has 0 bridgehead atoms. The normalized spacial score (nSPS) is 9.67. The number of phenolic OH excluding ortho intramolecular Hbond substituents is 1. The fourth-order valence-corrected chi connectivity index (χ4v) is 0.765. The number of nitrogen functional groups attached to an aromatic ring is 1. The van der Waals surface area contributed by atoms with Gasteiger partial charge < -0.3 is 21.1 Å². The van der Waals surface area contributed by atoms with Gasteiger partial charge in [-0.3, -0.25) is 0 Å². The summed E-state index contributed by atoms with van der Waals surface area (Å²) in [5, 5.41) is 26.4. The minimum Gasteiger partial charge on any atom is -0.507 e. The molecule has 0 aliphatic rings. The van der Waals surface area contributed by atoms with Crippen LogP contribution >= 0.6 is 0 Å². The van der Waals surface area contributed by atoms with Crippen LogP contribution in [0, 0.1) is 0 Å². The van der Waals surface area contributed by atoms with Gasteiger partial charge in [-0.15, -0.1) is 0 Å². The van der Waals surface area contributed by atoms with Crippen LogP contribution in [0.5, 0.6) is 11.5 Å². The third-order valence-electron chi connectivity index (χ3n) is 1.38. The first-order valence-electron chi connectivity index (χ1n) is 3.07. The lowest BCUT2D eigenvalue weighted by Gasteiger charge is -2.02. The summed E-state index contributed by atoms with van der Waals surface area (Å²) in [6.07, 6.45) is 0. The van der Waals surface area contributed by atoms with E-state index in [2.05, 4.69) is 0 Å². The highest BCUT2D eigenvalue weighted by Crippen LogP contribution is 2.28. The van der Waals surface area contributed by atoms with Gasteiger partial charge in [-0.05, 0) is 6.07 Å². The standard InChI is InChI=1S/C7H7NO4/c8-4-1-3(7(11)12)5(9)2-6(4)10/h1-2,9-10H,8H2,(H,11,12). The largest absolute Gasteiger partial charge is 0.507 e. The Bertz CT molecular complexity index is 334. The number of carbonyl (C=O) groups is 1. The zero-order valence-corrected chi connectivity index (χ0v) is 5.98. The number of carboxylic acid groups (broad SMARTS) is 1. The average molecular weight is 169 g/mol. The van der Waals surface area contributed by atoms with Crippen LogP contribution < -0.4 is 5.73 Å². The number of hydrogen-bond donors (Lipinski definition) is 4. The molecule has 1 aromatic rings. The lowest BCUT2D eigenvalue weighted by atomic mass is 10.1. The highest BCUT2D eigenvalue weighted by molar-refractivity contribution is 5.92. The van der Waals surface area contributed by atoms with E-state index in [1.54, 1.807) is 0 Å². The fraction of sp³-hybridized carbons (Fsp3) is 0. The molecule has 0 aliphatic carbocycles. The number of aromatic carboxylic acids is 1. The molecular weight excluding hydrogens is 162 g/mol. The van der Waals surface area contributed by atoms with E-state index in [1.165, 1.54) is 0 Å². The second kappa shape index (κ2) is 2.61. The average Bonchev–Trinajstić information content (AvgIpc) is 1.96. The van der Waals surface area contributed by atoms with Crippen LogP contribution in [0.2, 0.25) is 0 Å². The topological polar surface area (TPSA) is 104 Å². The zero-order valence-electron chi connectivity index (χ0n) is 5.98. The second-order valence-electron chi connectivity index (χ2n) is 2.23. The Morgan fingerprint density at radius 2 is 1.83 bits per heavy atom. The zero-order chi connectivity index (χ0) is 9.30. The summed E-state index contributed by atoms with van der Waals surface area (Å²) in [6.45, 7) is 0. The Morgan fingerprint density at radius 3 is 2.33 bits per heavy atom. The molecule has 0 fully saturated rings. The first kappa shape index (κ1) is 8.19. The fourth-order valence-electron chi connectivity index (χ4n) is 0.765. The highest BCUT2D eigenvalue weighted by atomic mass is 16.4. The van der Waals surface area contributed by atoms with E-state index in [-0.39, 0.29) is 17.0 Å². The third-order valence-corrected chi connectivity index (χ3v) is 1.38. The first-order chi connectivity index (χ1) is 5.52. The van der Waals surface area contributed by atoms with Crippen molar-refractivity contribution in [3.63, 3.8) is 0 Å². The van der Waals surface area contributed by atoms with Gasteiger partial charge >= 0.3 is 5.97 Å². The second-order valence-corrected chi connectivity index (χ2v) is 2.23. The number of carboxylic acids is 1. The molecule has 0 aliphatic heterocycles. The molecule has 1 rings (SSSR count). The molecule has 0 heterocycles. The van der Waals surface area contributed by atoms with Crippen LogP contribution in [0.15, 0.2) is 12.1 Å². The van der Waals surface area contributed by atoms with Crippen molar-refractivity contribution in [1.29, 1.82) is 0 Å². The van der Waals surface area contributed by atoms with E-state index >= 15 is 0 Å². The van der Waals surface area contributed by atoms with Crippen molar-refractivity contribution in [2.75, 3.05) is 5.73 Å². The number of rotatable bonds is 1. The van der Waals surface area contributed by atoms with Crippen molar-refractivity contribution in [2.45, 2.75) is 0 Å². The maximum Gasteiger partial charge on any atom is 0.339 e. The summed E-state index contributed by atoms with van der Waals surface area (Å²) >= 11 is 0. The van der Waals surface area contributed by atoms with Gasteiger partial charge in [0.25, 0.3) is 0 Å². The molecular formula is C7H7NO4. The molecule has 0 saturated heterocycles. The van der Waals surface area contributed by atoms with Crippen LogP contribution in [-0.4, -0.2) is 21.3 Å². The van der Waals surface area contributed by atoms with Gasteiger partial charge in [0, 0.05) is 6.07 Å². The maximum atomic E-state index is 10.4. The van der Waals surface area contributed by atoms with Crippen LogP contribution in [0.4, 0.5) is 5.69 Å². The maximum absolute atomic E-state index is 10.4. The Morgan fingerprint density at radius 1 is 1.25 bits per heavy atom. The van der Waals surface area contributed by atoms with Gasteiger partial charge in [0.15, 0.2) is 0 Å². The van der Waals surface area contributed by atoms with Crippen molar-refractivity contribution in [1.82, 2.24) is 0 Å². The van der Waals surface area contributed by atoms with Crippen molar-refractivity contribution in [2.24, 2.45) is 0 Å². The summed E-state index contributed by atoms with van der Waals surface area (Å²) in [5.74, 6) is -2.13. The number of anilines is 1. The quantitative estimate of drug-likeness (QED) is 0.276. The Kier molecular flexibility index (Phi) is 1.78. The third kappa shape index (κ3) is 1.24. The molecule has 0 saturated carbocycles. The molecule has 12 heavy (non-hydrogen) atoms. The molecule has 0 unspecified atom stereocenters. The molecule has 5 nitrogen and oxygen atoms in total. The van der Waals surface area contributed by atoms with Crippen molar-refractivity contribution in [3.05, 3.63) is 17.7 Å². The minimum atomic E-state index is -1.29. The van der Waals surface area contributed by atoms with Crippen molar-refractivity contribution >= 4 is 11.7 Å². The highest BCUT2D eigenvalue weighted by Gasteiger charge is 2.11. The van der Waals surface area contributed by atoms with E-state index in [0.29, 0.717) is 0 Å². The van der Waals surface area contributed by atoms with Gasteiger partial charge in [0.1, 0.15) is 17.1 Å². The molecule has 5 heteroatoms. The summed E-state index contributed by atoms with van der Waals surface area (Å²) in [4.78, 5) is 10.4. The lowest BCUT2D eigenvalue weighted by Crippen LogP contribution is -1.98. The van der Waals surface area contributed by atoms with E-state index in [0.717, 1.165) is 12.1 Å². The molecule has 5 N–H and O–H groups in total. The predicted octanol–water partition coefficient (Wildman–Crippen LogP) is 0.378. The summed E-state index contributed by atoms with van der Waals surface area (Å²) in [7, 11) is 0. The first-order valence-corrected chi connectivity index (χ1v) is 3.07. The molecule has 0 amide bonds. The number of benzene rings is 1. The lowest BCUT2D eigenvalue weighted by molar-refractivity contribution is 0.0694. The van der Waals surface area contributed by atoms with E-state index in [1.807, 2.05) is 0 Å². The van der Waals surface area contributed by atoms with Gasteiger partial charge in [-0.2, -0.15) is 0 Å². The molecule has 1 aromatic carbocycles. The molecule has 0 aromatic heterocycles. The van der Waals surface area contributed by atoms with Gasteiger partial charge in [0.2, 0.25) is 0 Å². The summed E-state index contributed by atoms with van der Waals surface area (Å²) in [5.41, 5.74) is 4.80. The van der Waals surface area contributed by atoms with Crippen molar-refractivity contribution in [3.8, 4) is 11.5 Å². The summed E-state index contributed by atoms with van der Waals surface area (Å²) < 4.78 is 0. The van der Waals surface area contributed by atoms with Gasteiger partial charge in [-0.25, -0.2) is 4.79 Å². The van der Waals surface area contributed by atoms with Crippen LogP contribution in [0.1, 0.15) is 10.4 Å². The SMILES string of the molecule is Nc1cc(C(=O)O)c(O)cc1O. The van der Waals surface area contributed by atoms with Gasteiger partial charge in [-0.1, -0.05) is 0 Å². The monoisotopic (exact) mass is 169 g/mol. The Balaban J connectivity index is 3.33. The molecule has 0 atom stereocenters. The number of aromatic hydroxyl groups is 2. The van der Waals surface area contributed by atoms with Crippen LogP contribution in [-0.2, 0) is 0 Å². The predicted molar refractivity (Wildman–Crippen MR) is 41.1 cm³/mol. The van der Waals surface area contributed by atoms with E-state index < -0.39 is 11.7 Å². The molecule has 64 valence electrons. The van der Waals surface area contributed by atoms with Crippen molar-refractivity contribution < 1.29 is 20.1 Å². The van der Waals surface area contributed by atoms with E-state index in [4.69, 9.17) is 21.1 Å². The van der Waals surface area contributed by atoms with E-state index in [9.17, 15) is 4.79 Å². The number of nitrogens with two attached hydrogens (primary N) is 1. The van der Waals surface area contributed by atoms with Crippen LogP contribution in [0.3, 0.4) is 0 Å². The molecule has 0 radical (unpaired) electrons. The van der Waals surface area contributed by atoms with Crippen LogP contribution in [0.25, 0.3) is 0 Å². The Hall–Kier alpha value is -1.91. The minimum absolute atomic E-state index is 0.0785. The smallest absolute Gasteiger partial charge is 0.339 e. The summed E-state index contributed by atoms with van der Waals surface area (Å²) in [6, 6.07) is 1.88. The number of phenols is 2. The van der Waals surface area contributed by atoms with Gasteiger partial charge in [0.05, 0.1) is 5.69 Å². The number of hydrogen-bond acceptors (Lipinski definition) is 4. The Labute approximate surface area is 67.7 Å². The molecule has 0 spiro atoms.